The fraction of sp³-hybridized carbons (Fsp3) is 0.286. The Kier molecular flexibility index (Phi) is 7.55. The van der Waals surface area contributed by atoms with Crippen LogP contribution in [0.2, 0.25) is 5.02 Å². The highest BCUT2D eigenvalue weighted by Crippen LogP contribution is 2.20. The minimum Gasteiger partial charge on any atom is -0.486 e. The number of amides is 1. The van der Waals surface area contributed by atoms with E-state index in [0.29, 0.717) is 34.9 Å². The predicted molar refractivity (Wildman–Crippen MR) is 117 cm³/mol. The molecule has 0 fully saturated rings. The Morgan fingerprint density at radius 2 is 1.83 bits per heavy atom. The number of thioether (sulfide) groups is 1. The number of anilines is 1. The summed E-state index contributed by atoms with van der Waals surface area (Å²) < 4.78 is 7.70. The molecule has 0 bridgehead atoms. The number of halogens is 1. The van der Waals surface area contributed by atoms with Gasteiger partial charge in [-0.1, -0.05) is 42.4 Å². The number of rotatable bonds is 9. The van der Waals surface area contributed by atoms with E-state index in [0.717, 1.165) is 12.1 Å². The van der Waals surface area contributed by atoms with E-state index in [4.69, 9.17) is 16.3 Å². The first-order valence-corrected chi connectivity index (χ1v) is 10.8. The molecule has 152 valence electrons. The van der Waals surface area contributed by atoms with Crippen molar-refractivity contribution in [2.45, 2.75) is 38.6 Å². The van der Waals surface area contributed by atoms with E-state index in [-0.39, 0.29) is 11.7 Å². The van der Waals surface area contributed by atoms with Gasteiger partial charge < -0.3 is 14.6 Å². The number of carbonyl (C=O) groups excluding carboxylic acids is 1. The summed E-state index contributed by atoms with van der Waals surface area (Å²) in [5, 5.41) is 12.7. The van der Waals surface area contributed by atoms with Gasteiger partial charge in [-0.2, -0.15) is 0 Å². The Bertz CT molecular complexity index is 942. The quantitative estimate of drug-likeness (QED) is 0.492. The second-order valence-corrected chi connectivity index (χ2v) is 7.65. The predicted octanol–water partition coefficient (Wildman–Crippen LogP) is 4.82. The standard InChI is InChI=1S/C21H23ClN4O2S/c1-3-15-5-9-17(10-6-15)23-20(27)14-29-21-25-24-19(26(21)4-2)13-28-18-11-7-16(22)8-12-18/h5-12H,3-4,13-14H2,1-2H3,(H,23,27). The van der Waals surface area contributed by atoms with Crippen molar-refractivity contribution in [2.75, 3.05) is 11.1 Å². The molecular weight excluding hydrogens is 408 g/mol. The molecule has 1 N–H and O–H groups in total. The van der Waals surface area contributed by atoms with Crippen molar-refractivity contribution in [3.63, 3.8) is 0 Å². The third kappa shape index (κ3) is 5.98. The number of aryl methyl sites for hydroxylation is 1. The Morgan fingerprint density at radius 1 is 1.10 bits per heavy atom. The van der Waals surface area contributed by atoms with Crippen LogP contribution in [0.15, 0.2) is 53.7 Å². The molecule has 0 unspecified atom stereocenters. The van der Waals surface area contributed by atoms with Gasteiger partial charge in [-0.3, -0.25) is 4.79 Å². The van der Waals surface area contributed by atoms with Crippen LogP contribution in [-0.2, 0) is 24.4 Å². The molecule has 1 amide bonds. The number of ether oxygens (including phenoxy) is 1. The highest BCUT2D eigenvalue weighted by atomic mass is 35.5. The number of benzene rings is 2. The summed E-state index contributed by atoms with van der Waals surface area (Å²) in [5.74, 6) is 1.60. The van der Waals surface area contributed by atoms with E-state index in [1.54, 1.807) is 12.1 Å². The zero-order valence-electron chi connectivity index (χ0n) is 16.4. The minimum absolute atomic E-state index is 0.0798. The summed E-state index contributed by atoms with van der Waals surface area (Å²) in [6.45, 7) is 5.09. The molecular formula is C21H23ClN4O2S. The van der Waals surface area contributed by atoms with Crippen LogP contribution in [0.5, 0.6) is 5.75 Å². The van der Waals surface area contributed by atoms with Gasteiger partial charge in [0.1, 0.15) is 12.4 Å². The molecule has 0 aliphatic heterocycles. The summed E-state index contributed by atoms with van der Waals surface area (Å²) >= 11 is 7.24. The number of carbonyl (C=O) groups is 1. The van der Waals surface area contributed by atoms with E-state index in [2.05, 4.69) is 22.4 Å². The van der Waals surface area contributed by atoms with E-state index < -0.39 is 0 Å². The molecule has 3 aromatic rings. The molecule has 0 aliphatic rings. The first-order valence-electron chi connectivity index (χ1n) is 9.41. The van der Waals surface area contributed by atoms with E-state index in [9.17, 15) is 4.79 Å². The highest BCUT2D eigenvalue weighted by molar-refractivity contribution is 7.99. The Balaban J connectivity index is 1.54. The van der Waals surface area contributed by atoms with Crippen LogP contribution < -0.4 is 10.1 Å². The fourth-order valence-electron chi connectivity index (χ4n) is 2.68. The number of aromatic nitrogens is 3. The lowest BCUT2D eigenvalue weighted by Crippen LogP contribution is -2.15. The topological polar surface area (TPSA) is 69.0 Å². The Morgan fingerprint density at radius 3 is 2.48 bits per heavy atom. The summed E-state index contributed by atoms with van der Waals surface area (Å²) in [5.41, 5.74) is 2.03. The molecule has 0 radical (unpaired) electrons. The van der Waals surface area contributed by atoms with Crippen molar-refractivity contribution in [3.05, 3.63) is 64.9 Å². The SMILES string of the molecule is CCc1ccc(NC(=O)CSc2nnc(COc3ccc(Cl)cc3)n2CC)cc1. The van der Waals surface area contributed by atoms with Gasteiger partial charge in [-0.05, 0) is 55.3 Å². The lowest BCUT2D eigenvalue weighted by molar-refractivity contribution is -0.113. The normalized spacial score (nSPS) is 10.7. The monoisotopic (exact) mass is 430 g/mol. The second kappa shape index (κ2) is 10.3. The molecule has 8 heteroatoms. The van der Waals surface area contributed by atoms with Crippen LogP contribution >= 0.6 is 23.4 Å². The summed E-state index contributed by atoms with van der Waals surface area (Å²) in [6.07, 6.45) is 0.973. The van der Waals surface area contributed by atoms with Crippen molar-refractivity contribution in [2.24, 2.45) is 0 Å². The minimum atomic E-state index is -0.0798. The third-order valence-electron chi connectivity index (χ3n) is 4.27. The van der Waals surface area contributed by atoms with Crippen molar-refractivity contribution < 1.29 is 9.53 Å². The molecule has 3 rings (SSSR count). The van der Waals surface area contributed by atoms with Gasteiger partial charge >= 0.3 is 0 Å². The van der Waals surface area contributed by atoms with Crippen molar-refractivity contribution in [1.82, 2.24) is 14.8 Å². The van der Waals surface area contributed by atoms with Crippen LogP contribution in [0.1, 0.15) is 25.2 Å². The van der Waals surface area contributed by atoms with Gasteiger partial charge in [-0.25, -0.2) is 0 Å². The molecule has 1 aromatic heterocycles. The zero-order valence-corrected chi connectivity index (χ0v) is 18.0. The fourth-order valence-corrected chi connectivity index (χ4v) is 3.63. The Labute approximate surface area is 179 Å². The largest absolute Gasteiger partial charge is 0.486 e. The molecule has 0 saturated heterocycles. The molecule has 0 atom stereocenters. The maximum absolute atomic E-state index is 12.3. The summed E-state index contributed by atoms with van der Waals surface area (Å²) in [6, 6.07) is 15.0. The van der Waals surface area contributed by atoms with Gasteiger partial charge in [0.25, 0.3) is 0 Å². The van der Waals surface area contributed by atoms with Crippen LogP contribution in [0.4, 0.5) is 5.69 Å². The van der Waals surface area contributed by atoms with Crippen molar-refractivity contribution in [1.29, 1.82) is 0 Å². The van der Waals surface area contributed by atoms with Crippen LogP contribution in [0.3, 0.4) is 0 Å². The number of nitrogens with one attached hydrogen (secondary N) is 1. The summed E-state index contributed by atoms with van der Waals surface area (Å²) in [4.78, 5) is 12.3. The van der Waals surface area contributed by atoms with Gasteiger partial charge in [-0.15, -0.1) is 10.2 Å². The average Bonchev–Trinajstić information content (AvgIpc) is 3.14. The number of hydrogen-bond acceptors (Lipinski definition) is 5. The molecule has 2 aromatic carbocycles. The summed E-state index contributed by atoms with van der Waals surface area (Å²) in [7, 11) is 0. The second-order valence-electron chi connectivity index (χ2n) is 6.27. The highest BCUT2D eigenvalue weighted by Gasteiger charge is 2.14. The number of hydrogen-bond donors (Lipinski definition) is 1. The van der Waals surface area contributed by atoms with Crippen LogP contribution in [0, 0.1) is 0 Å². The van der Waals surface area contributed by atoms with Gasteiger partial charge in [0.15, 0.2) is 11.0 Å². The number of nitrogens with zero attached hydrogens (tertiary/aromatic N) is 3. The Hall–Kier alpha value is -2.51. The molecule has 0 aliphatic carbocycles. The molecule has 0 spiro atoms. The van der Waals surface area contributed by atoms with Crippen molar-refractivity contribution in [3.8, 4) is 5.75 Å². The maximum Gasteiger partial charge on any atom is 0.234 e. The van der Waals surface area contributed by atoms with Gasteiger partial charge in [0.05, 0.1) is 5.75 Å². The van der Waals surface area contributed by atoms with Crippen molar-refractivity contribution >= 4 is 35.0 Å². The molecule has 29 heavy (non-hydrogen) atoms. The zero-order chi connectivity index (χ0) is 20.6. The average molecular weight is 431 g/mol. The lowest BCUT2D eigenvalue weighted by Gasteiger charge is -2.09. The van der Waals surface area contributed by atoms with E-state index in [1.807, 2.05) is 47.9 Å². The molecule has 0 saturated carbocycles. The van der Waals surface area contributed by atoms with E-state index in [1.165, 1.54) is 17.3 Å². The van der Waals surface area contributed by atoms with Crippen LogP contribution in [-0.4, -0.2) is 26.4 Å². The lowest BCUT2D eigenvalue weighted by atomic mass is 10.1. The first kappa shape index (κ1) is 21.2. The van der Waals surface area contributed by atoms with Gasteiger partial charge in [0, 0.05) is 17.3 Å². The third-order valence-corrected chi connectivity index (χ3v) is 5.49. The first-order chi connectivity index (χ1) is 14.1. The maximum atomic E-state index is 12.3. The van der Waals surface area contributed by atoms with E-state index >= 15 is 0 Å². The smallest absolute Gasteiger partial charge is 0.234 e. The molecule has 1 heterocycles. The van der Waals surface area contributed by atoms with Crippen LogP contribution in [0.25, 0.3) is 0 Å². The molecule has 6 nitrogen and oxygen atoms in total. The van der Waals surface area contributed by atoms with Gasteiger partial charge in [0.2, 0.25) is 5.91 Å².